The van der Waals surface area contributed by atoms with Crippen LogP contribution in [0.3, 0.4) is 0 Å². The minimum atomic E-state index is -4.44. The molecule has 1 fully saturated rings. The standard InChI is InChI=1S/C9H12BF3N2O2/c1-15-8(17-5-3-16-4-5)6(2-10)7(14-15)9(11,12)13/h5H,2-4,10H2,1H3. The summed E-state index contributed by atoms with van der Waals surface area (Å²) in [5, 5.41) is 3.49. The van der Waals surface area contributed by atoms with Crippen LogP contribution in [0.15, 0.2) is 0 Å². The van der Waals surface area contributed by atoms with E-state index >= 15 is 0 Å². The lowest BCUT2D eigenvalue weighted by molar-refractivity contribution is -0.142. The highest BCUT2D eigenvalue weighted by molar-refractivity contribution is 6.08. The van der Waals surface area contributed by atoms with Gasteiger partial charge in [0.15, 0.2) is 5.69 Å². The Bertz CT molecular complexity index is 415. The molecule has 0 bridgehead atoms. The van der Waals surface area contributed by atoms with Crippen LogP contribution < -0.4 is 4.74 Å². The first-order valence-electron chi connectivity index (χ1n) is 5.31. The van der Waals surface area contributed by atoms with Crippen LogP contribution >= 0.6 is 0 Å². The molecule has 0 saturated carbocycles. The lowest BCUT2D eigenvalue weighted by Gasteiger charge is -2.27. The van der Waals surface area contributed by atoms with Gasteiger partial charge in [0.05, 0.1) is 13.2 Å². The van der Waals surface area contributed by atoms with Crippen molar-refractivity contribution < 1.29 is 22.6 Å². The molecular weight excluding hydrogens is 236 g/mol. The van der Waals surface area contributed by atoms with Crippen molar-refractivity contribution in [2.24, 2.45) is 7.05 Å². The van der Waals surface area contributed by atoms with Crippen molar-refractivity contribution in [3.8, 4) is 5.88 Å². The molecule has 0 aliphatic carbocycles. The SMILES string of the molecule is BCc1c(C(F)(F)F)nn(C)c1OC1COC1. The number of aryl methyl sites for hydroxylation is 1. The van der Waals surface area contributed by atoms with Crippen LogP contribution in [0.25, 0.3) is 0 Å². The van der Waals surface area contributed by atoms with Crippen LogP contribution in [-0.2, 0) is 24.3 Å². The van der Waals surface area contributed by atoms with E-state index in [1.165, 1.54) is 7.05 Å². The summed E-state index contributed by atoms with van der Waals surface area (Å²) < 4.78 is 49.6. The molecule has 8 heteroatoms. The summed E-state index contributed by atoms with van der Waals surface area (Å²) in [5.41, 5.74) is -0.760. The summed E-state index contributed by atoms with van der Waals surface area (Å²) in [6.45, 7) is 0.825. The first-order valence-corrected chi connectivity index (χ1v) is 5.31. The molecule has 1 aromatic rings. The average Bonchev–Trinajstić information content (AvgIpc) is 2.48. The molecule has 2 heterocycles. The van der Waals surface area contributed by atoms with E-state index in [2.05, 4.69) is 5.10 Å². The third-order valence-corrected chi connectivity index (χ3v) is 2.60. The van der Waals surface area contributed by atoms with Crippen LogP contribution in [-0.4, -0.2) is 36.9 Å². The van der Waals surface area contributed by atoms with Crippen molar-refractivity contribution in [1.29, 1.82) is 0 Å². The van der Waals surface area contributed by atoms with Crippen molar-refractivity contribution in [2.75, 3.05) is 13.2 Å². The summed E-state index contributed by atoms with van der Waals surface area (Å²) >= 11 is 0. The Morgan fingerprint density at radius 2 is 2.18 bits per heavy atom. The predicted molar refractivity (Wildman–Crippen MR) is 55.7 cm³/mol. The molecule has 2 rings (SSSR count). The van der Waals surface area contributed by atoms with Crippen molar-refractivity contribution in [3.63, 3.8) is 0 Å². The maximum atomic E-state index is 12.7. The zero-order chi connectivity index (χ0) is 12.6. The third-order valence-electron chi connectivity index (χ3n) is 2.60. The van der Waals surface area contributed by atoms with Gasteiger partial charge in [-0.15, -0.1) is 0 Å². The van der Waals surface area contributed by atoms with Gasteiger partial charge in [0.25, 0.3) is 0 Å². The van der Waals surface area contributed by atoms with Crippen LogP contribution in [0.1, 0.15) is 11.3 Å². The number of rotatable bonds is 3. The van der Waals surface area contributed by atoms with Gasteiger partial charge < -0.3 is 9.47 Å². The normalized spacial score (nSPS) is 16.9. The van der Waals surface area contributed by atoms with Gasteiger partial charge in [0, 0.05) is 12.6 Å². The zero-order valence-corrected chi connectivity index (χ0v) is 9.54. The number of hydrogen-bond acceptors (Lipinski definition) is 3. The Morgan fingerprint density at radius 3 is 2.59 bits per heavy atom. The van der Waals surface area contributed by atoms with Gasteiger partial charge in [0.2, 0.25) is 5.88 Å². The van der Waals surface area contributed by atoms with Gasteiger partial charge in [0.1, 0.15) is 14.0 Å². The van der Waals surface area contributed by atoms with E-state index in [9.17, 15) is 13.2 Å². The molecule has 0 N–H and O–H groups in total. The summed E-state index contributed by atoms with van der Waals surface area (Å²) in [7, 11) is 3.10. The van der Waals surface area contributed by atoms with Crippen LogP contribution in [0, 0.1) is 0 Å². The summed E-state index contributed by atoms with van der Waals surface area (Å²) in [6, 6.07) is 0. The van der Waals surface area contributed by atoms with Crippen molar-refractivity contribution >= 4 is 7.85 Å². The lowest BCUT2D eigenvalue weighted by atomic mass is 9.96. The summed E-state index contributed by atoms with van der Waals surface area (Å²) in [4.78, 5) is 0. The van der Waals surface area contributed by atoms with E-state index in [1.54, 1.807) is 7.85 Å². The molecule has 0 spiro atoms. The fourth-order valence-electron chi connectivity index (χ4n) is 1.69. The first-order chi connectivity index (χ1) is 7.93. The van der Waals surface area contributed by atoms with Crippen LogP contribution in [0.5, 0.6) is 5.88 Å². The highest BCUT2D eigenvalue weighted by Gasteiger charge is 2.39. The highest BCUT2D eigenvalue weighted by atomic mass is 19.4. The second kappa shape index (κ2) is 4.25. The van der Waals surface area contributed by atoms with Crippen molar-refractivity contribution in [3.05, 3.63) is 11.3 Å². The van der Waals surface area contributed by atoms with Crippen LogP contribution in [0.4, 0.5) is 13.2 Å². The Labute approximate surface area is 97.1 Å². The Kier molecular flexibility index (Phi) is 3.07. The van der Waals surface area contributed by atoms with E-state index in [1.807, 2.05) is 0 Å². The average molecular weight is 248 g/mol. The van der Waals surface area contributed by atoms with Gasteiger partial charge >= 0.3 is 6.18 Å². The number of nitrogens with zero attached hydrogens (tertiary/aromatic N) is 2. The molecule has 1 aromatic heterocycles. The topological polar surface area (TPSA) is 36.3 Å². The van der Waals surface area contributed by atoms with E-state index < -0.39 is 11.9 Å². The molecule has 1 aliphatic heterocycles. The van der Waals surface area contributed by atoms with Gasteiger partial charge in [-0.25, -0.2) is 4.68 Å². The molecule has 0 radical (unpaired) electrons. The maximum absolute atomic E-state index is 12.7. The van der Waals surface area contributed by atoms with E-state index in [0.717, 1.165) is 4.68 Å². The zero-order valence-electron chi connectivity index (χ0n) is 9.54. The number of hydrogen-bond donors (Lipinski definition) is 0. The molecule has 0 amide bonds. The van der Waals surface area contributed by atoms with Crippen molar-refractivity contribution in [2.45, 2.75) is 18.6 Å². The quantitative estimate of drug-likeness (QED) is 0.724. The Balaban J connectivity index is 2.33. The van der Waals surface area contributed by atoms with Gasteiger partial charge in [-0.3, -0.25) is 0 Å². The number of alkyl halides is 3. The fourth-order valence-corrected chi connectivity index (χ4v) is 1.69. The monoisotopic (exact) mass is 248 g/mol. The number of halogens is 3. The minimum absolute atomic E-state index is 0.104. The summed E-state index contributed by atoms with van der Waals surface area (Å²) in [5.74, 6) is 0.188. The molecule has 0 aromatic carbocycles. The fraction of sp³-hybridized carbons (Fsp3) is 0.667. The molecule has 4 nitrogen and oxygen atoms in total. The molecule has 94 valence electrons. The molecule has 0 atom stereocenters. The lowest BCUT2D eigenvalue weighted by Crippen LogP contribution is -2.39. The molecule has 0 unspecified atom stereocenters. The molecule has 17 heavy (non-hydrogen) atoms. The highest BCUT2D eigenvalue weighted by Crippen LogP contribution is 2.35. The number of ether oxygens (including phenoxy) is 2. The van der Waals surface area contributed by atoms with Gasteiger partial charge in [-0.1, -0.05) is 0 Å². The third kappa shape index (κ3) is 2.26. The van der Waals surface area contributed by atoms with Crippen LogP contribution in [0.2, 0.25) is 0 Å². The van der Waals surface area contributed by atoms with E-state index in [4.69, 9.17) is 9.47 Å². The second-order valence-corrected chi connectivity index (χ2v) is 3.88. The molecule has 1 saturated heterocycles. The van der Waals surface area contributed by atoms with E-state index in [0.29, 0.717) is 13.2 Å². The van der Waals surface area contributed by atoms with Crippen molar-refractivity contribution in [1.82, 2.24) is 9.78 Å². The summed E-state index contributed by atoms with van der Waals surface area (Å²) in [6.07, 6.45) is -4.39. The maximum Gasteiger partial charge on any atom is 0.435 e. The first kappa shape index (κ1) is 12.3. The molecular formula is C9H12BF3N2O2. The Hall–Kier alpha value is -1.18. The predicted octanol–water partition coefficient (Wildman–Crippen LogP) is 0.350. The smallest absolute Gasteiger partial charge is 0.435 e. The minimum Gasteiger partial charge on any atom is -0.469 e. The largest absolute Gasteiger partial charge is 0.469 e. The van der Waals surface area contributed by atoms with E-state index in [-0.39, 0.29) is 23.9 Å². The Morgan fingerprint density at radius 1 is 1.53 bits per heavy atom. The van der Waals surface area contributed by atoms with Gasteiger partial charge in [-0.05, 0) is 6.32 Å². The molecule has 1 aliphatic rings. The number of aromatic nitrogens is 2. The van der Waals surface area contributed by atoms with Gasteiger partial charge in [-0.2, -0.15) is 18.3 Å². The second-order valence-electron chi connectivity index (χ2n) is 3.88.